The average Bonchev–Trinajstić information content (AvgIpc) is 3.15. The molecule has 24 heavy (non-hydrogen) atoms. The summed E-state index contributed by atoms with van der Waals surface area (Å²) in [5.41, 5.74) is 2.67. The molecule has 122 valence electrons. The first-order valence-electron chi connectivity index (χ1n) is 7.84. The van der Waals surface area contributed by atoms with Gasteiger partial charge in [0, 0.05) is 22.4 Å². The summed E-state index contributed by atoms with van der Waals surface area (Å²) in [6, 6.07) is 17.3. The molecule has 0 saturated carbocycles. The minimum absolute atomic E-state index is 0.00334. The molecular weight excluding hydrogens is 366 g/mol. The topological polar surface area (TPSA) is 46.9 Å². The molecule has 0 spiro atoms. The standard InChI is InChI=1S/C19H18BrN3O/c1-2-18(14-4-8-16(20)9-5-14)22-19(24)15-6-10-17(11-7-15)23-13-3-12-21-23/h3-13,18H,2H2,1H3,(H,22,24). The second kappa shape index (κ2) is 7.45. The minimum atomic E-state index is -0.0724. The molecule has 0 fully saturated rings. The Morgan fingerprint density at radius 2 is 1.88 bits per heavy atom. The van der Waals surface area contributed by atoms with E-state index < -0.39 is 0 Å². The number of hydrogen-bond donors (Lipinski definition) is 1. The van der Waals surface area contributed by atoms with E-state index in [0.29, 0.717) is 5.56 Å². The molecule has 0 aliphatic heterocycles. The number of carbonyl (C=O) groups excluding carboxylic acids is 1. The van der Waals surface area contributed by atoms with E-state index in [0.717, 1.165) is 22.1 Å². The fraction of sp³-hybridized carbons (Fsp3) is 0.158. The first kappa shape index (κ1) is 16.5. The van der Waals surface area contributed by atoms with Gasteiger partial charge >= 0.3 is 0 Å². The molecule has 1 heterocycles. The number of nitrogens with one attached hydrogen (secondary N) is 1. The molecule has 0 aliphatic carbocycles. The molecule has 1 atom stereocenters. The highest BCUT2D eigenvalue weighted by Crippen LogP contribution is 2.20. The molecule has 1 N–H and O–H groups in total. The summed E-state index contributed by atoms with van der Waals surface area (Å²) in [6.07, 6.45) is 4.43. The van der Waals surface area contributed by atoms with E-state index in [-0.39, 0.29) is 11.9 Å². The fourth-order valence-corrected chi connectivity index (χ4v) is 2.81. The Morgan fingerprint density at radius 1 is 1.17 bits per heavy atom. The van der Waals surface area contributed by atoms with Crippen molar-refractivity contribution in [1.82, 2.24) is 15.1 Å². The summed E-state index contributed by atoms with van der Waals surface area (Å²) >= 11 is 3.43. The monoisotopic (exact) mass is 383 g/mol. The Hall–Kier alpha value is -2.40. The van der Waals surface area contributed by atoms with E-state index in [9.17, 15) is 4.79 Å². The van der Waals surface area contributed by atoms with Crippen molar-refractivity contribution in [2.75, 3.05) is 0 Å². The third-order valence-electron chi connectivity index (χ3n) is 3.88. The van der Waals surface area contributed by atoms with Gasteiger partial charge < -0.3 is 5.32 Å². The maximum Gasteiger partial charge on any atom is 0.251 e. The number of rotatable bonds is 5. The highest BCUT2D eigenvalue weighted by atomic mass is 79.9. The molecule has 0 bridgehead atoms. The molecule has 4 nitrogen and oxygen atoms in total. The number of halogens is 1. The van der Waals surface area contributed by atoms with E-state index in [4.69, 9.17) is 0 Å². The van der Waals surface area contributed by atoms with Crippen LogP contribution in [0.2, 0.25) is 0 Å². The van der Waals surface area contributed by atoms with Crippen LogP contribution in [0, 0.1) is 0 Å². The average molecular weight is 384 g/mol. The zero-order valence-electron chi connectivity index (χ0n) is 13.3. The third-order valence-corrected chi connectivity index (χ3v) is 4.41. The number of nitrogens with zero attached hydrogens (tertiary/aromatic N) is 2. The summed E-state index contributed by atoms with van der Waals surface area (Å²) in [6.45, 7) is 2.06. The lowest BCUT2D eigenvalue weighted by Gasteiger charge is -2.18. The van der Waals surface area contributed by atoms with Crippen LogP contribution in [-0.2, 0) is 0 Å². The quantitative estimate of drug-likeness (QED) is 0.703. The number of amides is 1. The molecular formula is C19H18BrN3O. The maximum absolute atomic E-state index is 12.5. The van der Waals surface area contributed by atoms with Crippen LogP contribution in [0.1, 0.15) is 35.3 Å². The Labute approximate surface area is 149 Å². The second-order valence-electron chi connectivity index (χ2n) is 5.48. The molecule has 2 aromatic carbocycles. The van der Waals surface area contributed by atoms with Gasteiger partial charge in [0.15, 0.2) is 0 Å². The Kier molecular flexibility index (Phi) is 5.11. The normalized spacial score (nSPS) is 11.9. The number of hydrogen-bond acceptors (Lipinski definition) is 2. The van der Waals surface area contributed by atoms with Crippen molar-refractivity contribution in [3.05, 3.63) is 82.6 Å². The second-order valence-corrected chi connectivity index (χ2v) is 6.40. The lowest BCUT2D eigenvalue weighted by molar-refractivity contribution is 0.0935. The van der Waals surface area contributed by atoms with Crippen molar-refractivity contribution in [2.24, 2.45) is 0 Å². The Balaban J connectivity index is 1.72. The van der Waals surface area contributed by atoms with Gasteiger partial charge in [-0.2, -0.15) is 5.10 Å². The molecule has 1 unspecified atom stereocenters. The van der Waals surface area contributed by atoms with Crippen molar-refractivity contribution < 1.29 is 4.79 Å². The van der Waals surface area contributed by atoms with Crippen LogP contribution < -0.4 is 5.32 Å². The molecule has 3 rings (SSSR count). The van der Waals surface area contributed by atoms with E-state index in [1.165, 1.54) is 0 Å². The van der Waals surface area contributed by atoms with Crippen molar-refractivity contribution in [2.45, 2.75) is 19.4 Å². The van der Waals surface area contributed by atoms with E-state index in [2.05, 4.69) is 33.3 Å². The van der Waals surface area contributed by atoms with Crippen LogP contribution in [0.5, 0.6) is 0 Å². The number of benzene rings is 2. The van der Waals surface area contributed by atoms with Gasteiger partial charge in [-0.1, -0.05) is 35.0 Å². The van der Waals surface area contributed by atoms with Crippen LogP contribution in [0.25, 0.3) is 5.69 Å². The third kappa shape index (κ3) is 3.74. The summed E-state index contributed by atoms with van der Waals surface area (Å²) in [5, 5.41) is 7.28. The summed E-state index contributed by atoms with van der Waals surface area (Å²) < 4.78 is 2.79. The van der Waals surface area contributed by atoms with Crippen LogP contribution in [0.15, 0.2) is 71.5 Å². The molecule has 3 aromatic rings. The van der Waals surface area contributed by atoms with Gasteiger partial charge in [0.1, 0.15) is 0 Å². The minimum Gasteiger partial charge on any atom is -0.345 e. The summed E-state index contributed by atoms with van der Waals surface area (Å²) in [7, 11) is 0. The largest absolute Gasteiger partial charge is 0.345 e. The first-order valence-corrected chi connectivity index (χ1v) is 8.63. The van der Waals surface area contributed by atoms with Crippen LogP contribution in [0.3, 0.4) is 0 Å². The lowest BCUT2D eigenvalue weighted by Crippen LogP contribution is -2.28. The first-order chi connectivity index (χ1) is 11.7. The van der Waals surface area contributed by atoms with Gasteiger partial charge in [0.2, 0.25) is 0 Å². The van der Waals surface area contributed by atoms with Gasteiger partial charge in [0.05, 0.1) is 11.7 Å². The van der Waals surface area contributed by atoms with Gasteiger partial charge in [0.25, 0.3) is 5.91 Å². The highest BCUT2D eigenvalue weighted by molar-refractivity contribution is 9.10. The lowest BCUT2D eigenvalue weighted by atomic mass is 10.0. The number of aromatic nitrogens is 2. The zero-order valence-corrected chi connectivity index (χ0v) is 14.9. The van der Waals surface area contributed by atoms with E-state index >= 15 is 0 Å². The van der Waals surface area contributed by atoms with E-state index in [1.54, 1.807) is 10.9 Å². The summed E-state index contributed by atoms with van der Waals surface area (Å²) in [4.78, 5) is 12.5. The molecule has 0 saturated heterocycles. The molecule has 1 amide bonds. The Morgan fingerprint density at radius 3 is 2.46 bits per heavy atom. The van der Waals surface area contributed by atoms with Gasteiger partial charge in [-0.3, -0.25) is 4.79 Å². The molecule has 5 heteroatoms. The summed E-state index contributed by atoms with van der Waals surface area (Å²) in [5.74, 6) is -0.0724. The Bertz CT molecular complexity index is 796. The predicted molar refractivity (Wildman–Crippen MR) is 98.2 cm³/mol. The molecule has 0 aliphatic rings. The maximum atomic E-state index is 12.5. The van der Waals surface area contributed by atoms with Crippen molar-refractivity contribution in [1.29, 1.82) is 0 Å². The predicted octanol–water partition coefficient (Wildman–Crippen LogP) is 4.52. The van der Waals surface area contributed by atoms with Crippen molar-refractivity contribution in [3.8, 4) is 5.69 Å². The fourth-order valence-electron chi connectivity index (χ4n) is 2.54. The van der Waals surface area contributed by atoms with Crippen LogP contribution in [-0.4, -0.2) is 15.7 Å². The zero-order chi connectivity index (χ0) is 16.9. The molecule has 0 radical (unpaired) electrons. The molecule has 1 aromatic heterocycles. The van der Waals surface area contributed by atoms with Gasteiger partial charge in [-0.05, 0) is 54.4 Å². The SMILES string of the molecule is CCC(NC(=O)c1ccc(-n2cccn2)cc1)c1ccc(Br)cc1. The van der Waals surface area contributed by atoms with E-state index in [1.807, 2.05) is 60.8 Å². The van der Waals surface area contributed by atoms with Crippen LogP contribution in [0.4, 0.5) is 0 Å². The smallest absolute Gasteiger partial charge is 0.251 e. The highest BCUT2D eigenvalue weighted by Gasteiger charge is 2.14. The van der Waals surface area contributed by atoms with Crippen LogP contribution >= 0.6 is 15.9 Å². The van der Waals surface area contributed by atoms with Crippen molar-refractivity contribution >= 4 is 21.8 Å². The van der Waals surface area contributed by atoms with Crippen molar-refractivity contribution in [3.63, 3.8) is 0 Å². The van der Waals surface area contributed by atoms with Gasteiger partial charge in [-0.25, -0.2) is 4.68 Å². The number of carbonyl (C=O) groups is 1. The van der Waals surface area contributed by atoms with Gasteiger partial charge in [-0.15, -0.1) is 0 Å².